The number of hydrogen-bond donors (Lipinski definition) is 2. The lowest BCUT2D eigenvalue weighted by Crippen LogP contribution is -1.96. The summed E-state index contributed by atoms with van der Waals surface area (Å²) in [5.74, 6) is 0.832. The molecule has 0 aliphatic carbocycles. The zero-order valence-electron chi connectivity index (χ0n) is 9.32. The number of hydrogen-bond acceptors (Lipinski definition) is 4. The molecule has 0 aliphatic heterocycles. The Labute approximate surface area is 98.7 Å². The number of nitrogens with zero attached hydrogens (tertiary/aromatic N) is 2. The monoisotopic (exact) mass is 234 g/mol. The van der Waals surface area contributed by atoms with Crippen LogP contribution in [0, 0.1) is 13.8 Å². The molecule has 2 rings (SSSR count). The molecule has 0 aliphatic rings. The average molecular weight is 234 g/mol. The number of aromatic amines is 1. The van der Waals surface area contributed by atoms with Crippen LogP contribution in [0.15, 0.2) is 28.3 Å². The van der Waals surface area contributed by atoms with Crippen LogP contribution >= 0.6 is 11.8 Å². The number of nitrogens with two attached hydrogens (primary N) is 1. The molecule has 0 saturated heterocycles. The number of rotatable bonds is 3. The Morgan fingerprint density at radius 1 is 1.38 bits per heavy atom. The van der Waals surface area contributed by atoms with Gasteiger partial charge in [0.25, 0.3) is 0 Å². The van der Waals surface area contributed by atoms with E-state index in [2.05, 4.69) is 34.2 Å². The van der Waals surface area contributed by atoms with Gasteiger partial charge in [-0.15, -0.1) is 5.10 Å². The van der Waals surface area contributed by atoms with E-state index in [1.807, 2.05) is 13.0 Å². The van der Waals surface area contributed by atoms with E-state index in [4.69, 9.17) is 5.73 Å². The van der Waals surface area contributed by atoms with Crippen LogP contribution in [0.25, 0.3) is 0 Å². The molecule has 4 nitrogen and oxygen atoms in total. The summed E-state index contributed by atoms with van der Waals surface area (Å²) in [5, 5.41) is 7.68. The van der Waals surface area contributed by atoms with Crippen molar-refractivity contribution in [2.45, 2.75) is 30.4 Å². The maximum atomic E-state index is 5.59. The predicted octanol–water partition coefficient (Wildman–Crippen LogP) is 2.03. The Morgan fingerprint density at radius 2 is 2.19 bits per heavy atom. The smallest absolute Gasteiger partial charge is 0.213 e. The van der Waals surface area contributed by atoms with E-state index in [0.29, 0.717) is 6.54 Å². The van der Waals surface area contributed by atoms with Crippen molar-refractivity contribution in [3.05, 3.63) is 35.2 Å². The van der Waals surface area contributed by atoms with E-state index in [0.717, 1.165) is 21.4 Å². The van der Waals surface area contributed by atoms with Crippen LogP contribution < -0.4 is 5.73 Å². The van der Waals surface area contributed by atoms with E-state index in [9.17, 15) is 0 Å². The van der Waals surface area contributed by atoms with Gasteiger partial charge < -0.3 is 5.73 Å². The third kappa shape index (κ3) is 2.43. The first-order chi connectivity index (χ1) is 7.69. The molecular weight excluding hydrogens is 220 g/mol. The molecule has 0 saturated carbocycles. The minimum atomic E-state index is 0.575. The fraction of sp³-hybridized carbons (Fsp3) is 0.273. The van der Waals surface area contributed by atoms with Crippen molar-refractivity contribution in [1.82, 2.24) is 15.2 Å². The van der Waals surface area contributed by atoms with Crippen LogP contribution in [0.3, 0.4) is 0 Å². The van der Waals surface area contributed by atoms with Crippen LogP contribution in [-0.4, -0.2) is 15.2 Å². The van der Waals surface area contributed by atoms with Gasteiger partial charge in [-0.05, 0) is 42.8 Å². The lowest BCUT2D eigenvalue weighted by molar-refractivity contribution is 0.968. The van der Waals surface area contributed by atoms with Crippen molar-refractivity contribution < 1.29 is 0 Å². The van der Waals surface area contributed by atoms with E-state index in [1.54, 1.807) is 11.8 Å². The summed E-state index contributed by atoms with van der Waals surface area (Å²) in [6.45, 7) is 4.54. The SMILES string of the molecule is Cc1nc(Sc2ccc(CN)cc2C)n[nH]1. The Balaban J connectivity index is 2.21. The van der Waals surface area contributed by atoms with Gasteiger partial charge in [-0.3, -0.25) is 5.10 Å². The molecule has 1 aromatic heterocycles. The van der Waals surface area contributed by atoms with Gasteiger partial charge in [0.1, 0.15) is 5.82 Å². The van der Waals surface area contributed by atoms with Gasteiger partial charge >= 0.3 is 0 Å². The Bertz CT molecular complexity index is 492. The molecule has 1 aromatic carbocycles. The largest absolute Gasteiger partial charge is 0.326 e. The first-order valence-electron chi connectivity index (χ1n) is 5.05. The molecule has 1 heterocycles. The van der Waals surface area contributed by atoms with Crippen LogP contribution in [0.4, 0.5) is 0 Å². The Hall–Kier alpha value is -1.33. The molecule has 16 heavy (non-hydrogen) atoms. The number of nitrogens with one attached hydrogen (secondary N) is 1. The molecule has 5 heteroatoms. The molecule has 0 atom stereocenters. The van der Waals surface area contributed by atoms with E-state index < -0.39 is 0 Å². The molecule has 0 amide bonds. The van der Waals surface area contributed by atoms with Gasteiger partial charge in [0, 0.05) is 11.4 Å². The third-order valence-electron chi connectivity index (χ3n) is 2.25. The number of aromatic nitrogens is 3. The van der Waals surface area contributed by atoms with E-state index in [1.165, 1.54) is 5.56 Å². The standard InChI is InChI=1S/C11H14N4S/c1-7-5-9(6-12)3-4-10(7)16-11-13-8(2)14-15-11/h3-5H,6,12H2,1-2H3,(H,13,14,15). The summed E-state index contributed by atoms with van der Waals surface area (Å²) in [7, 11) is 0. The van der Waals surface area contributed by atoms with Gasteiger partial charge in [0.2, 0.25) is 5.16 Å². The average Bonchev–Trinajstić information content (AvgIpc) is 2.67. The van der Waals surface area contributed by atoms with Gasteiger partial charge in [0.15, 0.2) is 0 Å². The zero-order chi connectivity index (χ0) is 11.5. The highest BCUT2D eigenvalue weighted by Crippen LogP contribution is 2.28. The molecule has 0 unspecified atom stereocenters. The Morgan fingerprint density at radius 3 is 2.75 bits per heavy atom. The lowest BCUT2D eigenvalue weighted by Gasteiger charge is -2.04. The highest BCUT2D eigenvalue weighted by Gasteiger charge is 2.05. The zero-order valence-corrected chi connectivity index (χ0v) is 10.1. The van der Waals surface area contributed by atoms with Crippen molar-refractivity contribution in [1.29, 1.82) is 0 Å². The van der Waals surface area contributed by atoms with Crippen molar-refractivity contribution in [2.24, 2.45) is 5.73 Å². The van der Waals surface area contributed by atoms with E-state index in [-0.39, 0.29) is 0 Å². The summed E-state index contributed by atoms with van der Waals surface area (Å²) in [4.78, 5) is 5.42. The fourth-order valence-corrected chi connectivity index (χ4v) is 2.25. The summed E-state index contributed by atoms with van der Waals surface area (Å²) in [6, 6.07) is 6.20. The summed E-state index contributed by atoms with van der Waals surface area (Å²) < 4.78 is 0. The summed E-state index contributed by atoms with van der Waals surface area (Å²) in [5.41, 5.74) is 7.94. The van der Waals surface area contributed by atoms with Crippen molar-refractivity contribution in [3.63, 3.8) is 0 Å². The van der Waals surface area contributed by atoms with Crippen LogP contribution in [0.2, 0.25) is 0 Å². The number of aryl methyl sites for hydroxylation is 2. The van der Waals surface area contributed by atoms with Crippen LogP contribution in [-0.2, 0) is 6.54 Å². The normalized spacial score (nSPS) is 10.7. The first-order valence-corrected chi connectivity index (χ1v) is 5.87. The molecule has 0 bridgehead atoms. The van der Waals surface area contributed by atoms with E-state index >= 15 is 0 Å². The minimum Gasteiger partial charge on any atom is -0.326 e. The molecule has 3 N–H and O–H groups in total. The molecule has 0 radical (unpaired) electrons. The second-order valence-electron chi connectivity index (χ2n) is 3.61. The topological polar surface area (TPSA) is 67.6 Å². The van der Waals surface area contributed by atoms with Gasteiger partial charge in [-0.1, -0.05) is 12.1 Å². The van der Waals surface area contributed by atoms with Crippen molar-refractivity contribution in [3.8, 4) is 0 Å². The second kappa shape index (κ2) is 4.67. The first kappa shape index (κ1) is 11.2. The summed E-state index contributed by atoms with van der Waals surface area (Å²) in [6.07, 6.45) is 0. The molecule has 2 aromatic rings. The lowest BCUT2D eigenvalue weighted by atomic mass is 10.1. The maximum absolute atomic E-state index is 5.59. The second-order valence-corrected chi connectivity index (χ2v) is 4.62. The van der Waals surface area contributed by atoms with Crippen molar-refractivity contribution in [2.75, 3.05) is 0 Å². The molecule has 0 fully saturated rings. The quantitative estimate of drug-likeness (QED) is 0.852. The van der Waals surface area contributed by atoms with Gasteiger partial charge in [0.05, 0.1) is 0 Å². The maximum Gasteiger partial charge on any atom is 0.213 e. The molecule has 84 valence electrons. The Kier molecular flexibility index (Phi) is 3.26. The molecule has 0 spiro atoms. The van der Waals surface area contributed by atoms with Gasteiger partial charge in [-0.25, -0.2) is 4.98 Å². The summed E-state index contributed by atoms with van der Waals surface area (Å²) >= 11 is 1.56. The van der Waals surface area contributed by atoms with Crippen LogP contribution in [0.5, 0.6) is 0 Å². The highest BCUT2D eigenvalue weighted by molar-refractivity contribution is 7.99. The number of benzene rings is 1. The van der Waals surface area contributed by atoms with Crippen molar-refractivity contribution >= 4 is 11.8 Å². The van der Waals surface area contributed by atoms with Crippen LogP contribution in [0.1, 0.15) is 17.0 Å². The fourth-order valence-electron chi connectivity index (χ4n) is 1.42. The minimum absolute atomic E-state index is 0.575. The number of H-pyrrole nitrogens is 1. The predicted molar refractivity (Wildman–Crippen MR) is 64.3 cm³/mol. The molecular formula is C11H14N4S. The third-order valence-corrected chi connectivity index (χ3v) is 3.30. The highest BCUT2D eigenvalue weighted by atomic mass is 32.2. The van der Waals surface area contributed by atoms with Gasteiger partial charge in [-0.2, -0.15) is 0 Å².